The van der Waals surface area contributed by atoms with E-state index in [0.29, 0.717) is 11.4 Å². The average Bonchev–Trinajstić information content (AvgIpc) is 3.35. The number of aromatic nitrogens is 3. The van der Waals surface area contributed by atoms with Crippen LogP contribution in [0.5, 0.6) is 0 Å². The van der Waals surface area contributed by atoms with Crippen LogP contribution >= 0.6 is 11.6 Å². The molecule has 3 fully saturated rings. The first-order valence-electron chi connectivity index (χ1n) is 8.45. The highest BCUT2D eigenvalue weighted by Gasteiger charge is 2.36. The third-order valence-electron chi connectivity index (χ3n) is 5.56. The van der Waals surface area contributed by atoms with Crippen LogP contribution in [0.3, 0.4) is 0 Å². The molecule has 2 saturated carbocycles. The lowest BCUT2D eigenvalue weighted by molar-refractivity contribution is 0.419. The second-order valence-corrected chi connectivity index (χ2v) is 7.61. The van der Waals surface area contributed by atoms with Gasteiger partial charge in [0.15, 0.2) is 11.0 Å². The molecule has 120 valence electrons. The Kier molecular flexibility index (Phi) is 3.02. The van der Waals surface area contributed by atoms with Crippen LogP contribution in [0.25, 0.3) is 10.9 Å². The molecule has 0 aromatic carbocycles. The minimum absolute atomic E-state index is 0.0669. The first-order valence-corrected chi connectivity index (χ1v) is 8.83. The van der Waals surface area contributed by atoms with Crippen LogP contribution in [0.4, 0.5) is 10.2 Å². The molecule has 1 aliphatic heterocycles. The number of fused-ring (bicyclic) bond motifs is 3. The molecular weight excluding hydrogens is 315 g/mol. The molecule has 2 aliphatic carbocycles. The largest absolute Gasteiger partial charge is 0.355 e. The third-order valence-corrected chi connectivity index (χ3v) is 5.81. The Balaban J connectivity index is 1.70. The summed E-state index contributed by atoms with van der Waals surface area (Å²) in [5.41, 5.74) is 1.22. The lowest BCUT2D eigenvalue weighted by Crippen LogP contribution is -2.37. The normalized spacial score (nSPS) is 27.0. The quantitative estimate of drug-likeness (QED) is 0.781. The van der Waals surface area contributed by atoms with Gasteiger partial charge in [0, 0.05) is 19.0 Å². The van der Waals surface area contributed by atoms with Crippen molar-refractivity contribution in [2.24, 2.45) is 11.8 Å². The van der Waals surface area contributed by atoms with Gasteiger partial charge in [-0.3, -0.25) is 0 Å². The summed E-state index contributed by atoms with van der Waals surface area (Å²) in [6, 6.07) is 0. The molecule has 2 aromatic rings. The van der Waals surface area contributed by atoms with Crippen molar-refractivity contribution in [3.8, 4) is 0 Å². The molecule has 0 amide bonds. The Bertz CT molecular complexity index is 780. The van der Waals surface area contributed by atoms with E-state index >= 15 is 0 Å². The van der Waals surface area contributed by atoms with E-state index in [1.165, 1.54) is 25.6 Å². The van der Waals surface area contributed by atoms with E-state index in [-0.39, 0.29) is 5.15 Å². The van der Waals surface area contributed by atoms with E-state index in [0.717, 1.165) is 54.7 Å². The van der Waals surface area contributed by atoms with Crippen molar-refractivity contribution in [1.29, 1.82) is 0 Å². The number of halogens is 2. The van der Waals surface area contributed by atoms with Gasteiger partial charge < -0.3 is 4.90 Å². The van der Waals surface area contributed by atoms with E-state index in [1.807, 2.05) is 0 Å². The Morgan fingerprint density at radius 1 is 1.09 bits per heavy atom. The Hall–Kier alpha value is -1.49. The number of hydrogen-bond donors (Lipinski definition) is 0. The van der Waals surface area contributed by atoms with Gasteiger partial charge in [-0.2, -0.15) is 0 Å². The van der Waals surface area contributed by atoms with E-state index in [2.05, 4.69) is 19.9 Å². The van der Waals surface area contributed by atoms with E-state index < -0.39 is 5.82 Å². The zero-order valence-corrected chi connectivity index (χ0v) is 13.6. The molecule has 3 aliphatic rings. The summed E-state index contributed by atoms with van der Waals surface area (Å²) in [5, 5.41) is 0.723. The lowest BCUT2D eigenvalue weighted by atomic mass is 9.98. The number of hydrogen-bond acceptors (Lipinski definition) is 4. The highest BCUT2D eigenvalue weighted by Crippen LogP contribution is 2.46. The summed E-state index contributed by atoms with van der Waals surface area (Å²) in [4.78, 5) is 15.4. The van der Waals surface area contributed by atoms with E-state index in [9.17, 15) is 4.39 Å². The summed E-state index contributed by atoms with van der Waals surface area (Å²) in [6.07, 6.45) is 7.57. The Morgan fingerprint density at radius 2 is 1.83 bits per heavy atom. The highest BCUT2D eigenvalue weighted by molar-refractivity contribution is 6.30. The summed E-state index contributed by atoms with van der Waals surface area (Å²) in [6.45, 7) is 2.02. The molecule has 4 nitrogen and oxygen atoms in total. The zero-order chi connectivity index (χ0) is 15.6. The maximum absolute atomic E-state index is 14.5. The maximum atomic E-state index is 14.5. The van der Waals surface area contributed by atoms with E-state index in [1.54, 1.807) is 0 Å². The molecule has 6 heteroatoms. The second-order valence-electron chi connectivity index (χ2n) is 7.25. The monoisotopic (exact) mass is 332 g/mol. The van der Waals surface area contributed by atoms with Crippen LogP contribution in [0.1, 0.15) is 43.7 Å². The van der Waals surface area contributed by atoms with Crippen LogP contribution in [-0.4, -0.2) is 28.0 Å². The van der Waals surface area contributed by atoms with Crippen molar-refractivity contribution in [3.05, 3.63) is 23.0 Å². The molecule has 23 heavy (non-hydrogen) atoms. The van der Waals surface area contributed by atoms with Crippen LogP contribution in [0, 0.1) is 17.7 Å². The molecule has 2 unspecified atom stereocenters. The van der Waals surface area contributed by atoms with Crippen molar-refractivity contribution in [2.45, 2.75) is 38.0 Å². The van der Waals surface area contributed by atoms with Crippen LogP contribution in [-0.2, 0) is 0 Å². The standard InChI is InChI=1S/C17H18ClFN4/c18-16-13(19)15-12(14(22-16)11-3-4-11)17(21-8-20-15)23-6-9-1-2-10(5-9)7-23/h8-11H,1-7H2. The first kappa shape index (κ1) is 13.9. The fraction of sp³-hybridized carbons (Fsp3) is 0.588. The predicted molar refractivity (Wildman–Crippen MR) is 87.3 cm³/mol. The molecule has 1 saturated heterocycles. The van der Waals surface area contributed by atoms with E-state index in [4.69, 9.17) is 11.6 Å². The smallest absolute Gasteiger partial charge is 0.186 e. The first-order chi connectivity index (χ1) is 11.2. The van der Waals surface area contributed by atoms with Gasteiger partial charge in [-0.15, -0.1) is 0 Å². The van der Waals surface area contributed by atoms with Crippen molar-refractivity contribution in [3.63, 3.8) is 0 Å². The molecule has 3 heterocycles. The Labute approximate surface area is 139 Å². The number of anilines is 1. The van der Waals surface area contributed by atoms with Crippen LogP contribution in [0.15, 0.2) is 6.33 Å². The molecular formula is C17H18ClFN4. The SMILES string of the molecule is Fc1c(Cl)nc(C2CC2)c2c(N3CC4CCC(C4)C3)ncnc12. The van der Waals surface area contributed by atoms with Gasteiger partial charge in [0.05, 0.1) is 11.1 Å². The molecule has 2 aromatic heterocycles. The minimum atomic E-state index is -0.519. The number of nitrogens with zero attached hydrogens (tertiary/aromatic N) is 4. The molecule has 5 rings (SSSR count). The molecule has 0 spiro atoms. The third kappa shape index (κ3) is 2.20. The van der Waals surface area contributed by atoms with Gasteiger partial charge in [0.2, 0.25) is 0 Å². The fourth-order valence-electron chi connectivity index (χ4n) is 4.36. The summed E-state index contributed by atoms with van der Waals surface area (Å²) < 4.78 is 14.5. The van der Waals surface area contributed by atoms with Crippen molar-refractivity contribution >= 4 is 28.3 Å². The van der Waals surface area contributed by atoms with Gasteiger partial charge in [-0.05, 0) is 43.9 Å². The van der Waals surface area contributed by atoms with Crippen LogP contribution in [0.2, 0.25) is 5.15 Å². The summed E-state index contributed by atoms with van der Waals surface area (Å²) in [5.74, 6) is 2.20. The lowest BCUT2D eigenvalue weighted by Gasteiger charge is -2.33. The second kappa shape index (κ2) is 5.00. The summed E-state index contributed by atoms with van der Waals surface area (Å²) in [7, 11) is 0. The highest BCUT2D eigenvalue weighted by atomic mass is 35.5. The molecule has 2 atom stereocenters. The molecule has 0 N–H and O–H groups in total. The van der Waals surface area contributed by atoms with Crippen molar-refractivity contribution in [1.82, 2.24) is 15.0 Å². The summed E-state index contributed by atoms with van der Waals surface area (Å²) >= 11 is 6.00. The van der Waals surface area contributed by atoms with Crippen molar-refractivity contribution in [2.75, 3.05) is 18.0 Å². The predicted octanol–water partition coefficient (Wildman–Crippen LogP) is 3.93. The minimum Gasteiger partial charge on any atom is -0.355 e. The maximum Gasteiger partial charge on any atom is 0.186 e. The fourth-order valence-corrected chi connectivity index (χ4v) is 4.54. The topological polar surface area (TPSA) is 41.9 Å². The van der Waals surface area contributed by atoms with Gasteiger partial charge in [0.1, 0.15) is 17.7 Å². The number of rotatable bonds is 2. The Morgan fingerprint density at radius 3 is 2.52 bits per heavy atom. The number of piperidine rings is 1. The van der Waals surface area contributed by atoms with Gasteiger partial charge in [-0.25, -0.2) is 19.3 Å². The zero-order valence-electron chi connectivity index (χ0n) is 12.8. The van der Waals surface area contributed by atoms with Crippen LogP contribution < -0.4 is 4.90 Å². The average molecular weight is 333 g/mol. The van der Waals surface area contributed by atoms with Gasteiger partial charge in [-0.1, -0.05) is 11.6 Å². The van der Waals surface area contributed by atoms with Gasteiger partial charge in [0.25, 0.3) is 0 Å². The van der Waals surface area contributed by atoms with Crippen molar-refractivity contribution < 1.29 is 4.39 Å². The van der Waals surface area contributed by atoms with Gasteiger partial charge >= 0.3 is 0 Å². The molecule has 0 radical (unpaired) electrons. The number of pyridine rings is 1. The molecule has 2 bridgehead atoms.